The van der Waals surface area contributed by atoms with E-state index in [1.807, 2.05) is 50.5 Å². The lowest BCUT2D eigenvalue weighted by Gasteiger charge is -2.09. The number of amides is 2. The molecule has 2 amide bonds. The molecule has 27 heavy (non-hydrogen) atoms. The molecule has 7 nitrogen and oxygen atoms in total. The molecule has 7 heteroatoms. The van der Waals surface area contributed by atoms with E-state index in [1.165, 1.54) is 0 Å². The second-order valence-corrected chi connectivity index (χ2v) is 6.31. The van der Waals surface area contributed by atoms with Crippen LogP contribution in [0.15, 0.2) is 61.1 Å². The van der Waals surface area contributed by atoms with Gasteiger partial charge in [0.2, 0.25) is 0 Å². The third-order valence-electron chi connectivity index (χ3n) is 4.08. The lowest BCUT2D eigenvalue weighted by atomic mass is 10.2. The summed E-state index contributed by atoms with van der Waals surface area (Å²) in [6.07, 6.45) is 5.34. The monoisotopic (exact) mass is 358 g/mol. The van der Waals surface area contributed by atoms with Crippen LogP contribution in [0.1, 0.15) is 5.56 Å². The zero-order valence-electron chi connectivity index (χ0n) is 15.0. The van der Waals surface area contributed by atoms with Crippen LogP contribution >= 0.6 is 0 Å². The number of rotatable bonds is 3. The summed E-state index contributed by atoms with van der Waals surface area (Å²) in [6, 6.07) is 12.8. The van der Waals surface area contributed by atoms with Crippen molar-refractivity contribution >= 4 is 28.4 Å². The molecule has 0 fully saturated rings. The number of anilines is 2. The second kappa shape index (κ2) is 6.87. The fourth-order valence-corrected chi connectivity index (χ4v) is 2.80. The van der Waals surface area contributed by atoms with E-state index >= 15 is 0 Å². The molecular weight excluding hydrogens is 340 g/mol. The Morgan fingerprint density at radius 3 is 2.56 bits per heavy atom. The van der Waals surface area contributed by atoms with Crippen molar-refractivity contribution in [3.05, 3.63) is 66.6 Å². The molecule has 0 saturated heterocycles. The predicted molar refractivity (Wildman–Crippen MR) is 106 cm³/mol. The van der Waals surface area contributed by atoms with E-state index in [4.69, 9.17) is 0 Å². The lowest BCUT2D eigenvalue weighted by Crippen LogP contribution is -2.19. The number of carbonyl (C=O) groups is 1. The highest BCUT2D eigenvalue weighted by molar-refractivity contribution is 6.00. The number of hydrogen-bond acceptors (Lipinski definition) is 4. The van der Waals surface area contributed by atoms with Crippen LogP contribution in [0.2, 0.25) is 0 Å². The fraction of sp³-hybridized carbons (Fsp3) is 0.100. The normalized spacial score (nSPS) is 10.7. The number of hydrogen-bond donors (Lipinski definition) is 2. The van der Waals surface area contributed by atoms with Gasteiger partial charge in [-0.25, -0.2) is 9.78 Å². The highest BCUT2D eigenvalue weighted by Gasteiger charge is 2.07. The molecule has 4 aromatic rings. The van der Waals surface area contributed by atoms with E-state index in [0.717, 1.165) is 28.0 Å². The molecule has 2 aromatic heterocycles. The first-order chi connectivity index (χ1) is 13.1. The van der Waals surface area contributed by atoms with Crippen LogP contribution in [0.5, 0.6) is 0 Å². The predicted octanol–water partition coefficient (Wildman–Crippen LogP) is 3.98. The molecule has 2 aromatic carbocycles. The molecule has 0 aliphatic heterocycles. The highest BCUT2D eigenvalue weighted by Crippen LogP contribution is 2.21. The Labute approximate surface area is 156 Å². The molecular formula is C20H18N6O. The molecule has 134 valence electrons. The number of nitrogens with one attached hydrogen (secondary N) is 2. The summed E-state index contributed by atoms with van der Waals surface area (Å²) < 4.78 is 1.72. The molecule has 0 unspecified atom stereocenters. The zero-order valence-corrected chi connectivity index (χ0v) is 15.0. The molecule has 2 N–H and O–H groups in total. The first-order valence-electron chi connectivity index (χ1n) is 8.47. The zero-order chi connectivity index (χ0) is 18.8. The van der Waals surface area contributed by atoms with Gasteiger partial charge in [-0.15, -0.1) is 0 Å². The maximum absolute atomic E-state index is 12.3. The van der Waals surface area contributed by atoms with Crippen LogP contribution in [0.3, 0.4) is 0 Å². The minimum Gasteiger partial charge on any atom is -0.308 e. The van der Waals surface area contributed by atoms with Crippen LogP contribution in [0.25, 0.3) is 22.3 Å². The molecule has 0 aliphatic carbocycles. The molecule has 0 bridgehead atoms. The maximum atomic E-state index is 12.3. The Balaban J connectivity index is 1.56. The van der Waals surface area contributed by atoms with Gasteiger partial charge in [-0.05, 0) is 42.8 Å². The SMILES string of the molecule is Cc1cccc(NC(=O)Nc2ccc3ncc(-c4cnn(C)c4)nc3c2)c1. The number of benzene rings is 2. The fourth-order valence-electron chi connectivity index (χ4n) is 2.80. The minimum absolute atomic E-state index is 0.309. The van der Waals surface area contributed by atoms with Crippen molar-refractivity contribution in [1.82, 2.24) is 19.7 Å². The van der Waals surface area contributed by atoms with Gasteiger partial charge in [0.15, 0.2) is 0 Å². The summed E-state index contributed by atoms with van der Waals surface area (Å²) in [4.78, 5) is 21.3. The number of carbonyl (C=O) groups excluding carboxylic acids is 1. The molecule has 0 spiro atoms. The van der Waals surface area contributed by atoms with Gasteiger partial charge in [-0.1, -0.05) is 12.1 Å². The Bertz CT molecular complexity index is 1130. The smallest absolute Gasteiger partial charge is 0.308 e. The van der Waals surface area contributed by atoms with Gasteiger partial charge in [-0.3, -0.25) is 9.67 Å². The van der Waals surface area contributed by atoms with Crippen molar-refractivity contribution in [2.45, 2.75) is 6.92 Å². The Morgan fingerprint density at radius 1 is 1.00 bits per heavy atom. The van der Waals surface area contributed by atoms with Crippen molar-refractivity contribution in [2.24, 2.45) is 7.05 Å². The Morgan fingerprint density at radius 2 is 1.81 bits per heavy atom. The average Bonchev–Trinajstić information content (AvgIpc) is 3.07. The van der Waals surface area contributed by atoms with Crippen molar-refractivity contribution < 1.29 is 4.79 Å². The first-order valence-corrected chi connectivity index (χ1v) is 8.47. The largest absolute Gasteiger partial charge is 0.323 e. The van der Waals surface area contributed by atoms with Gasteiger partial charge < -0.3 is 10.6 Å². The highest BCUT2D eigenvalue weighted by atomic mass is 16.2. The first kappa shape index (κ1) is 16.7. The van der Waals surface area contributed by atoms with Gasteiger partial charge >= 0.3 is 6.03 Å². The second-order valence-electron chi connectivity index (χ2n) is 6.31. The topological polar surface area (TPSA) is 84.7 Å². The Kier molecular flexibility index (Phi) is 4.25. The summed E-state index contributed by atoms with van der Waals surface area (Å²) in [5.74, 6) is 0. The number of urea groups is 1. The van der Waals surface area contributed by atoms with Gasteiger partial charge in [0, 0.05) is 30.2 Å². The molecule has 0 aliphatic rings. The van der Waals surface area contributed by atoms with E-state index in [9.17, 15) is 4.79 Å². The van der Waals surface area contributed by atoms with E-state index in [-0.39, 0.29) is 6.03 Å². The van der Waals surface area contributed by atoms with Gasteiger partial charge in [-0.2, -0.15) is 5.10 Å². The third kappa shape index (κ3) is 3.77. The van der Waals surface area contributed by atoms with Crippen LogP contribution in [-0.2, 0) is 7.05 Å². The van der Waals surface area contributed by atoms with E-state index in [0.29, 0.717) is 11.2 Å². The van der Waals surface area contributed by atoms with Gasteiger partial charge in [0.25, 0.3) is 0 Å². The van der Waals surface area contributed by atoms with Crippen molar-refractivity contribution in [1.29, 1.82) is 0 Å². The van der Waals surface area contributed by atoms with Gasteiger partial charge in [0.05, 0.1) is 29.1 Å². The van der Waals surface area contributed by atoms with Crippen LogP contribution < -0.4 is 10.6 Å². The van der Waals surface area contributed by atoms with E-state index < -0.39 is 0 Å². The van der Waals surface area contributed by atoms with Crippen LogP contribution in [0, 0.1) is 6.92 Å². The average molecular weight is 358 g/mol. The van der Waals surface area contributed by atoms with Crippen molar-refractivity contribution in [3.8, 4) is 11.3 Å². The summed E-state index contributed by atoms with van der Waals surface area (Å²) in [6.45, 7) is 1.98. The van der Waals surface area contributed by atoms with Crippen LogP contribution in [0.4, 0.5) is 16.2 Å². The molecule has 0 radical (unpaired) electrons. The molecule has 0 saturated carbocycles. The van der Waals surface area contributed by atoms with Crippen LogP contribution in [-0.4, -0.2) is 25.8 Å². The standard InChI is InChI=1S/C20H18N6O/c1-13-4-3-5-15(8-13)23-20(27)24-16-6-7-17-18(9-16)25-19(11-21-17)14-10-22-26(2)12-14/h3-12H,1-2H3,(H2,23,24,27). The molecule has 0 atom stereocenters. The molecule has 2 heterocycles. The van der Waals surface area contributed by atoms with Crippen molar-refractivity contribution in [2.75, 3.05) is 10.6 Å². The summed E-state index contributed by atoms with van der Waals surface area (Å²) in [5, 5.41) is 9.81. The number of aromatic nitrogens is 4. The number of fused-ring (bicyclic) bond motifs is 1. The van der Waals surface area contributed by atoms with Gasteiger partial charge in [0.1, 0.15) is 0 Å². The molecule has 4 rings (SSSR count). The summed E-state index contributed by atoms with van der Waals surface area (Å²) in [7, 11) is 1.85. The number of aryl methyl sites for hydroxylation is 2. The maximum Gasteiger partial charge on any atom is 0.323 e. The van der Waals surface area contributed by atoms with Crippen molar-refractivity contribution in [3.63, 3.8) is 0 Å². The number of nitrogens with zero attached hydrogens (tertiary/aromatic N) is 4. The lowest BCUT2D eigenvalue weighted by molar-refractivity contribution is 0.262. The van der Waals surface area contributed by atoms with E-state index in [2.05, 4.69) is 25.7 Å². The summed E-state index contributed by atoms with van der Waals surface area (Å²) >= 11 is 0. The quantitative estimate of drug-likeness (QED) is 0.580. The Hall–Kier alpha value is -3.74. The summed E-state index contributed by atoms with van der Waals surface area (Å²) in [5.41, 5.74) is 5.55. The minimum atomic E-state index is -0.309. The van der Waals surface area contributed by atoms with E-state index in [1.54, 1.807) is 29.2 Å². The third-order valence-corrected chi connectivity index (χ3v) is 4.08.